The standard InChI is InChI=1S/C16H22O4/c1-2-6-16(7-5-12-14(9-16)20-12)15(17)18-10-3-4-11-13(8-10)19-11/h2,10-14H,1,3-9H2. The van der Waals surface area contributed by atoms with Crippen LogP contribution >= 0.6 is 0 Å². The van der Waals surface area contributed by atoms with Crippen molar-refractivity contribution in [3.8, 4) is 0 Å². The van der Waals surface area contributed by atoms with E-state index in [1.165, 1.54) is 0 Å². The second-order valence-corrected chi connectivity index (χ2v) is 6.78. The van der Waals surface area contributed by atoms with Gasteiger partial charge in [-0.1, -0.05) is 6.08 Å². The Morgan fingerprint density at radius 2 is 2.00 bits per heavy atom. The maximum Gasteiger partial charge on any atom is 0.312 e. The average molecular weight is 278 g/mol. The fourth-order valence-electron chi connectivity index (χ4n) is 4.00. The van der Waals surface area contributed by atoms with Crippen LogP contribution in [0.2, 0.25) is 0 Å². The quantitative estimate of drug-likeness (QED) is 0.450. The molecule has 2 saturated carbocycles. The number of fused-ring (bicyclic) bond motifs is 2. The molecule has 6 unspecified atom stereocenters. The van der Waals surface area contributed by atoms with Crippen molar-refractivity contribution in [3.63, 3.8) is 0 Å². The second kappa shape index (κ2) is 4.57. The van der Waals surface area contributed by atoms with Crippen LogP contribution in [0.5, 0.6) is 0 Å². The lowest BCUT2D eigenvalue weighted by atomic mass is 9.72. The Kier molecular flexibility index (Phi) is 2.93. The molecule has 2 heterocycles. The first kappa shape index (κ1) is 12.8. The summed E-state index contributed by atoms with van der Waals surface area (Å²) in [7, 11) is 0. The van der Waals surface area contributed by atoms with Crippen LogP contribution in [-0.4, -0.2) is 36.5 Å². The average Bonchev–Trinajstić information content (AvgIpc) is 3.32. The van der Waals surface area contributed by atoms with Crippen LogP contribution < -0.4 is 0 Å². The summed E-state index contributed by atoms with van der Waals surface area (Å²) in [4.78, 5) is 12.7. The van der Waals surface area contributed by atoms with Gasteiger partial charge in [0.05, 0.1) is 29.8 Å². The van der Waals surface area contributed by atoms with E-state index in [-0.39, 0.29) is 23.6 Å². The summed E-state index contributed by atoms with van der Waals surface area (Å²) in [6.07, 6.45) is 9.58. The highest BCUT2D eigenvalue weighted by atomic mass is 16.6. The molecule has 0 amide bonds. The van der Waals surface area contributed by atoms with E-state index < -0.39 is 0 Å². The number of esters is 1. The number of carbonyl (C=O) groups is 1. The van der Waals surface area contributed by atoms with E-state index in [2.05, 4.69) is 6.58 Å². The molecule has 2 aliphatic carbocycles. The Morgan fingerprint density at radius 1 is 1.20 bits per heavy atom. The van der Waals surface area contributed by atoms with Gasteiger partial charge in [-0.25, -0.2) is 0 Å². The summed E-state index contributed by atoms with van der Waals surface area (Å²) in [5.41, 5.74) is -0.388. The lowest BCUT2D eigenvalue weighted by molar-refractivity contribution is -0.164. The minimum absolute atomic E-state index is 0.0320. The Labute approximate surface area is 119 Å². The molecule has 0 N–H and O–H groups in total. The third kappa shape index (κ3) is 2.19. The normalized spacial score (nSPS) is 48.7. The lowest BCUT2D eigenvalue weighted by Gasteiger charge is -2.34. The zero-order valence-corrected chi connectivity index (χ0v) is 11.8. The number of epoxide rings is 2. The van der Waals surface area contributed by atoms with Crippen LogP contribution in [0, 0.1) is 5.41 Å². The fourth-order valence-corrected chi connectivity index (χ4v) is 4.00. The van der Waals surface area contributed by atoms with E-state index in [1.54, 1.807) is 0 Å². The molecule has 4 nitrogen and oxygen atoms in total. The minimum atomic E-state index is -0.388. The van der Waals surface area contributed by atoms with Crippen LogP contribution in [0.25, 0.3) is 0 Å². The third-order valence-corrected chi connectivity index (χ3v) is 5.38. The Morgan fingerprint density at radius 3 is 2.75 bits per heavy atom. The molecule has 2 saturated heterocycles. The van der Waals surface area contributed by atoms with E-state index in [0.717, 1.165) is 38.5 Å². The van der Waals surface area contributed by atoms with Crippen LogP contribution in [0.3, 0.4) is 0 Å². The molecule has 4 aliphatic rings. The number of hydrogen-bond donors (Lipinski definition) is 0. The zero-order chi connectivity index (χ0) is 13.7. The van der Waals surface area contributed by atoms with Crippen molar-refractivity contribution in [2.45, 2.75) is 75.5 Å². The first-order valence-electron chi connectivity index (χ1n) is 7.83. The molecule has 0 radical (unpaired) electrons. The van der Waals surface area contributed by atoms with Crippen LogP contribution in [-0.2, 0) is 19.0 Å². The first-order chi connectivity index (χ1) is 9.70. The molecule has 2 aliphatic heterocycles. The Bertz CT molecular complexity index is 434. The van der Waals surface area contributed by atoms with Crippen molar-refractivity contribution >= 4 is 5.97 Å². The molecule has 0 spiro atoms. The highest BCUT2D eigenvalue weighted by Crippen LogP contribution is 2.49. The summed E-state index contributed by atoms with van der Waals surface area (Å²) in [6, 6.07) is 0. The third-order valence-electron chi connectivity index (χ3n) is 5.38. The maximum absolute atomic E-state index is 12.7. The van der Waals surface area contributed by atoms with Crippen molar-refractivity contribution in [2.24, 2.45) is 5.41 Å². The lowest BCUT2D eigenvalue weighted by Crippen LogP contribution is -2.40. The van der Waals surface area contributed by atoms with Gasteiger partial charge in [-0.15, -0.1) is 6.58 Å². The molecule has 6 atom stereocenters. The highest BCUT2D eigenvalue weighted by Gasteiger charge is 2.55. The van der Waals surface area contributed by atoms with Crippen molar-refractivity contribution in [2.75, 3.05) is 0 Å². The van der Waals surface area contributed by atoms with Gasteiger partial charge in [0.1, 0.15) is 6.10 Å². The summed E-state index contributed by atoms with van der Waals surface area (Å²) < 4.78 is 16.9. The topological polar surface area (TPSA) is 51.4 Å². The van der Waals surface area contributed by atoms with Crippen molar-refractivity contribution in [1.29, 1.82) is 0 Å². The summed E-state index contributed by atoms with van der Waals surface area (Å²) in [6.45, 7) is 3.82. The van der Waals surface area contributed by atoms with Crippen LogP contribution in [0.15, 0.2) is 12.7 Å². The number of ether oxygens (including phenoxy) is 3. The van der Waals surface area contributed by atoms with Gasteiger partial charge in [0.2, 0.25) is 0 Å². The SMILES string of the molecule is C=CCC1(C(=O)OC2CCC3OC3C2)CCC2OC2C1. The predicted octanol–water partition coefficient (Wildman–Crippen LogP) is 2.36. The van der Waals surface area contributed by atoms with E-state index in [0.29, 0.717) is 24.7 Å². The van der Waals surface area contributed by atoms with Crippen molar-refractivity contribution < 1.29 is 19.0 Å². The minimum Gasteiger partial charge on any atom is -0.462 e. The number of rotatable bonds is 4. The molecule has 0 bridgehead atoms. The highest BCUT2D eigenvalue weighted by molar-refractivity contribution is 5.77. The molecule has 0 aromatic heterocycles. The number of hydrogen-bond acceptors (Lipinski definition) is 4. The van der Waals surface area contributed by atoms with Gasteiger partial charge in [-0.3, -0.25) is 4.79 Å². The van der Waals surface area contributed by atoms with Crippen LogP contribution in [0.4, 0.5) is 0 Å². The second-order valence-electron chi connectivity index (χ2n) is 6.78. The van der Waals surface area contributed by atoms with Gasteiger partial charge < -0.3 is 14.2 Å². The van der Waals surface area contributed by atoms with Gasteiger partial charge in [-0.05, 0) is 38.5 Å². The molecule has 0 aromatic rings. The Hall–Kier alpha value is -0.870. The van der Waals surface area contributed by atoms with Crippen LogP contribution in [0.1, 0.15) is 44.9 Å². The number of allylic oxidation sites excluding steroid dienone is 1. The predicted molar refractivity (Wildman–Crippen MR) is 72.2 cm³/mol. The maximum atomic E-state index is 12.7. The summed E-state index contributed by atoms with van der Waals surface area (Å²) in [5, 5.41) is 0. The van der Waals surface area contributed by atoms with Gasteiger partial charge in [0, 0.05) is 6.42 Å². The molecule has 4 rings (SSSR count). The van der Waals surface area contributed by atoms with Gasteiger partial charge >= 0.3 is 5.97 Å². The van der Waals surface area contributed by atoms with Crippen molar-refractivity contribution in [1.82, 2.24) is 0 Å². The van der Waals surface area contributed by atoms with E-state index >= 15 is 0 Å². The van der Waals surface area contributed by atoms with Gasteiger partial charge in [0.15, 0.2) is 0 Å². The monoisotopic (exact) mass is 278 g/mol. The largest absolute Gasteiger partial charge is 0.462 e. The van der Waals surface area contributed by atoms with Gasteiger partial charge in [-0.2, -0.15) is 0 Å². The molecule has 4 fully saturated rings. The molecule has 110 valence electrons. The molecule has 20 heavy (non-hydrogen) atoms. The Balaban J connectivity index is 1.42. The van der Waals surface area contributed by atoms with E-state index in [4.69, 9.17) is 14.2 Å². The van der Waals surface area contributed by atoms with Gasteiger partial charge in [0.25, 0.3) is 0 Å². The van der Waals surface area contributed by atoms with Crippen molar-refractivity contribution in [3.05, 3.63) is 12.7 Å². The fraction of sp³-hybridized carbons (Fsp3) is 0.812. The van der Waals surface area contributed by atoms with E-state index in [9.17, 15) is 4.79 Å². The zero-order valence-electron chi connectivity index (χ0n) is 11.8. The van der Waals surface area contributed by atoms with E-state index in [1.807, 2.05) is 6.08 Å². The first-order valence-corrected chi connectivity index (χ1v) is 7.83. The smallest absolute Gasteiger partial charge is 0.312 e. The number of carbonyl (C=O) groups excluding carboxylic acids is 1. The summed E-state index contributed by atoms with van der Waals surface area (Å²) >= 11 is 0. The molecular weight excluding hydrogens is 256 g/mol. The molecular formula is C16H22O4. The molecule has 4 heteroatoms. The summed E-state index contributed by atoms with van der Waals surface area (Å²) in [5.74, 6) is -0.0320. The molecule has 0 aromatic carbocycles.